The highest BCUT2D eigenvalue weighted by Crippen LogP contribution is 2.62. The van der Waals surface area contributed by atoms with Crippen LogP contribution in [0.4, 0.5) is 4.39 Å². The predicted molar refractivity (Wildman–Crippen MR) is 131 cm³/mol. The number of pyridine rings is 1. The molecular weight excluding hydrogens is 429 g/mol. The minimum Gasteiger partial charge on any atom is -0.387 e. The van der Waals surface area contributed by atoms with Crippen LogP contribution >= 0.6 is 0 Å². The molecule has 5 rings (SSSR count). The highest BCUT2D eigenvalue weighted by Gasteiger charge is 2.56. The summed E-state index contributed by atoms with van der Waals surface area (Å²) in [6.07, 6.45) is 13.5. The van der Waals surface area contributed by atoms with Crippen LogP contribution in [0.3, 0.4) is 0 Å². The van der Waals surface area contributed by atoms with Crippen LogP contribution in [0.25, 0.3) is 11.0 Å². The number of carbonyl (C=O) groups excluding carboxylic acids is 1. The van der Waals surface area contributed by atoms with Crippen molar-refractivity contribution in [2.75, 3.05) is 6.67 Å². The molecule has 5 nitrogen and oxygen atoms in total. The van der Waals surface area contributed by atoms with Crippen LogP contribution in [-0.2, 0) is 11.3 Å². The lowest BCUT2D eigenvalue weighted by Crippen LogP contribution is -2.47. The molecule has 0 amide bonds. The van der Waals surface area contributed by atoms with Crippen LogP contribution in [0.15, 0.2) is 24.5 Å². The summed E-state index contributed by atoms with van der Waals surface area (Å²) in [7, 11) is 0. The molecule has 5 atom stereocenters. The number of halogens is 1. The van der Waals surface area contributed by atoms with Gasteiger partial charge in [-0.2, -0.15) is 5.10 Å². The normalized spacial score (nSPS) is 38.2. The topological polar surface area (TPSA) is 68.0 Å². The van der Waals surface area contributed by atoms with Gasteiger partial charge in [0, 0.05) is 12.1 Å². The van der Waals surface area contributed by atoms with Gasteiger partial charge in [-0.1, -0.05) is 26.7 Å². The van der Waals surface area contributed by atoms with Gasteiger partial charge in [0.1, 0.15) is 17.7 Å². The number of Topliss-reactive ketones (excluding diaryl/α,β-unsaturated/α-hetero) is 1. The van der Waals surface area contributed by atoms with Crippen LogP contribution in [-0.4, -0.2) is 37.9 Å². The standard InChI is InChI=1S/C28H40FN3O2/c1-3-5-21-20(19-9-13-28(34,18-29)14-10-19)11-12-27(2)22(21)7-8-23(27)26(33)17-32-16-25-24(31-32)6-4-15-30-25/h4,6,15-16,19-23,34H,3,5,7-14,17-18H2,1-2H3/t19-,20-,21-,22+,23-,27+,28+/m1/s1. The van der Waals surface area contributed by atoms with E-state index in [-0.39, 0.29) is 11.3 Å². The Morgan fingerprint density at radius 3 is 2.68 bits per heavy atom. The van der Waals surface area contributed by atoms with Gasteiger partial charge < -0.3 is 5.11 Å². The zero-order valence-corrected chi connectivity index (χ0v) is 20.8. The Bertz CT molecular complexity index is 981. The predicted octanol–water partition coefficient (Wildman–Crippen LogP) is 5.75. The Kier molecular flexibility index (Phi) is 6.56. The van der Waals surface area contributed by atoms with E-state index in [1.54, 1.807) is 10.9 Å². The summed E-state index contributed by atoms with van der Waals surface area (Å²) in [5.74, 6) is 2.88. The second-order valence-electron chi connectivity index (χ2n) is 11.8. The minimum atomic E-state index is -1.09. The molecule has 1 N–H and O–H groups in total. The third-order valence-electron chi connectivity index (χ3n) is 9.96. The number of hydrogen-bond donors (Lipinski definition) is 1. The lowest BCUT2D eigenvalue weighted by atomic mass is 9.53. The van der Waals surface area contributed by atoms with Crippen molar-refractivity contribution in [3.8, 4) is 0 Å². The maximum absolute atomic E-state index is 13.6. The van der Waals surface area contributed by atoms with E-state index in [9.17, 15) is 14.3 Å². The van der Waals surface area contributed by atoms with Gasteiger partial charge in [-0.15, -0.1) is 0 Å². The summed E-state index contributed by atoms with van der Waals surface area (Å²) in [4.78, 5) is 17.9. The van der Waals surface area contributed by atoms with Crippen molar-refractivity contribution in [3.63, 3.8) is 0 Å². The SMILES string of the molecule is CCC[C@H]1[C@@H]2CC[C@H](C(=O)Cn3cc4ncccc4n3)[C@@]2(C)CC[C@@H]1[C@H]1CC[C@](O)(CF)CC1. The van der Waals surface area contributed by atoms with Crippen molar-refractivity contribution < 1.29 is 14.3 Å². The third kappa shape index (κ3) is 4.20. The molecule has 186 valence electrons. The number of ketones is 1. The fourth-order valence-corrected chi connectivity index (χ4v) is 8.17. The summed E-state index contributed by atoms with van der Waals surface area (Å²) in [5, 5.41) is 15.0. The highest BCUT2D eigenvalue weighted by molar-refractivity contribution is 5.82. The summed E-state index contributed by atoms with van der Waals surface area (Å²) >= 11 is 0. The number of nitrogens with zero attached hydrogens (tertiary/aromatic N) is 3. The fourth-order valence-electron chi connectivity index (χ4n) is 8.17. The number of alkyl halides is 1. The first-order valence-corrected chi connectivity index (χ1v) is 13.5. The first-order chi connectivity index (χ1) is 16.4. The molecular formula is C28H40FN3O2. The number of aliphatic hydroxyl groups is 1. The van der Waals surface area contributed by atoms with Crippen molar-refractivity contribution in [1.29, 1.82) is 0 Å². The van der Waals surface area contributed by atoms with E-state index in [1.165, 1.54) is 12.8 Å². The quantitative estimate of drug-likeness (QED) is 0.561. The smallest absolute Gasteiger partial charge is 0.157 e. The molecule has 3 aliphatic carbocycles. The van der Waals surface area contributed by atoms with Gasteiger partial charge in [-0.25, -0.2) is 4.39 Å². The Hall–Kier alpha value is -1.82. The molecule has 0 spiro atoms. The van der Waals surface area contributed by atoms with Gasteiger partial charge in [0.2, 0.25) is 0 Å². The van der Waals surface area contributed by atoms with Gasteiger partial charge in [-0.3, -0.25) is 14.5 Å². The zero-order valence-electron chi connectivity index (χ0n) is 20.8. The summed E-state index contributed by atoms with van der Waals surface area (Å²) in [6.45, 7) is 4.38. The van der Waals surface area contributed by atoms with Crippen LogP contribution < -0.4 is 0 Å². The van der Waals surface area contributed by atoms with Crippen molar-refractivity contribution in [1.82, 2.24) is 14.8 Å². The number of hydrogen-bond acceptors (Lipinski definition) is 4. The van der Waals surface area contributed by atoms with Crippen molar-refractivity contribution >= 4 is 16.8 Å². The van der Waals surface area contributed by atoms with Crippen LogP contribution in [0, 0.1) is 35.0 Å². The molecule has 2 aromatic heterocycles. The molecule has 3 aliphatic rings. The summed E-state index contributed by atoms with van der Waals surface area (Å²) < 4.78 is 15.1. The third-order valence-corrected chi connectivity index (χ3v) is 9.96. The molecule has 2 heterocycles. The van der Waals surface area contributed by atoms with Gasteiger partial charge in [0.15, 0.2) is 5.78 Å². The van der Waals surface area contributed by atoms with Crippen LogP contribution in [0.2, 0.25) is 0 Å². The molecule has 0 aliphatic heterocycles. The first-order valence-electron chi connectivity index (χ1n) is 13.5. The van der Waals surface area contributed by atoms with E-state index in [0.717, 1.165) is 49.6 Å². The van der Waals surface area contributed by atoms with E-state index in [1.807, 2.05) is 18.3 Å². The lowest BCUT2D eigenvalue weighted by Gasteiger charge is -2.52. The van der Waals surface area contributed by atoms with E-state index >= 15 is 0 Å². The monoisotopic (exact) mass is 469 g/mol. The number of fused-ring (bicyclic) bond motifs is 2. The zero-order chi connectivity index (χ0) is 23.9. The van der Waals surface area contributed by atoms with E-state index < -0.39 is 12.3 Å². The van der Waals surface area contributed by atoms with Gasteiger partial charge >= 0.3 is 0 Å². The number of rotatable bonds is 7. The van der Waals surface area contributed by atoms with E-state index in [4.69, 9.17) is 0 Å². The number of aromatic nitrogens is 3. The highest BCUT2D eigenvalue weighted by atomic mass is 19.1. The van der Waals surface area contributed by atoms with E-state index in [2.05, 4.69) is 23.9 Å². The fraction of sp³-hybridized carbons (Fsp3) is 0.750. The Morgan fingerprint density at radius 2 is 1.97 bits per heavy atom. The summed E-state index contributed by atoms with van der Waals surface area (Å²) in [6, 6.07) is 3.81. The van der Waals surface area contributed by atoms with Crippen LogP contribution in [0.5, 0.6) is 0 Å². The molecule has 3 fully saturated rings. The van der Waals surface area contributed by atoms with Crippen LogP contribution in [0.1, 0.15) is 78.1 Å². The van der Waals surface area contributed by atoms with Crippen molar-refractivity contribution in [2.24, 2.45) is 35.0 Å². The first kappa shape index (κ1) is 23.9. The Labute approximate surface area is 202 Å². The molecule has 0 bridgehead atoms. The average molecular weight is 470 g/mol. The second-order valence-corrected chi connectivity index (χ2v) is 11.8. The molecule has 2 aromatic rings. The Balaban J connectivity index is 1.30. The molecule has 0 saturated heterocycles. The minimum absolute atomic E-state index is 0.0621. The maximum atomic E-state index is 13.6. The van der Waals surface area contributed by atoms with E-state index in [0.29, 0.717) is 48.8 Å². The number of carbonyl (C=O) groups is 1. The maximum Gasteiger partial charge on any atom is 0.157 e. The van der Waals surface area contributed by atoms with Gasteiger partial charge in [0.05, 0.1) is 18.3 Å². The molecule has 34 heavy (non-hydrogen) atoms. The van der Waals surface area contributed by atoms with Crippen molar-refractivity contribution in [2.45, 2.75) is 90.2 Å². The molecule has 3 saturated carbocycles. The largest absolute Gasteiger partial charge is 0.387 e. The molecule has 0 radical (unpaired) electrons. The summed E-state index contributed by atoms with van der Waals surface area (Å²) in [5.41, 5.74) is 0.646. The molecule has 0 aromatic carbocycles. The second kappa shape index (κ2) is 9.33. The molecule has 0 unspecified atom stereocenters. The van der Waals surface area contributed by atoms with Gasteiger partial charge in [0.25, 0.3) is 0 Å². The average Bonchev–Trinajstić information content (AvgIpc) is 3.40. The molecule has 6 heteroatoms. The lowest BCUT2D eigenvalue weighted by molar-refractivity contribution is -0.130. The Morgan fingerprint density at radius 1 is 1.18 bits per heavy atom. The van der Waals surface area contributed by atoms with Gasteiger partial charge in [-0.05, 0) is 92.6 Å². The van der Waals surface area contributed by atoms with Crippen molar-refractivity contribution in [3.05, 3.63) is 24.5 Å².